The highest BCUT2D eigenvalue weighted by molar-refractivity contribution is 7.80. The molecule has 1 saturated heterocycles. The van der Waals surface area contributed by atoms with Crippen molar-refractivity contribution in [2.45, 2.75) is 6.54 Å². The number of nitrogens with zero attached hydrogens (tertiary/aromatic N) is 2. The van der Waals surface area contributed by atoms with Gasteiger partial charge in [0.2, 0.25) is 5.91 Å². The minimum atomic E-state index is -0.363. The summed E-state index contributed by atoms with van der Waals surface area (Å²) in [4.78, 5) is 16.3. The Kier molecular flexibility index (Phi) is 6.73. The van der Waals surface area contributed by atoms with Gasteiger partial charge in [0.1, 0.15) is 5.82 Å². The molecular weight excluding hydrogens is 363 g/mol. The SMILES string of the molecule is O=C(CN1CCN(C(=S)NCc2ccccc2)CC1)Nc1cccc(F)c1. The first-order chi connectivity index (χ1) is 13.1. The van der Waals surface area contributed by atoms with Gasteiger partial charge >= 0.3 is 0 Å². The maximum Gasteiger partial charge on any atom is 0.238 e. The molecule has 0 spiro atoms. The van der Waals surface area contributed by atoms with Crippen LogP contribution in [-0.4, -0.2) is 53.5 Å². The van der Waals surface area contributed by atoms with Crippen LogP contribution in [0.3, 0.4) is 0 Å². The molecule has 0 bridgehead atoms. The van der Waals surface area contributed by atoms with Crippen molar-refractivity contribution in [3.8, 4) is 0 Å². The van der Waals surface area contributed by atoms with E-state index in [0.29, 0.717) is 12.2 Å². The van der Waals surface area contributed by atoms with E-state index in [1.807, 2.05) is 18.2 Å². The molecule has 1 aliphatic heterocycles. The highest BCUT2D eigenvalue weighted by atomic mass is 32.1. The van der Waals surface area contributed by atoms with Crippen LogP contribution in [0, 0.1) is 5.82 Å². The van der Waals surface area contributed by atoms with Gasteiger partial charge in [0.05, 0.1) is 6.54 Å². The van der Waals surface area contributed by atoms with E-state index in [4.69, 9.17) is 12.2 Å². The number of hydrogen-bond donors (Lipinski definition) is 2. The van der Waals surface area contributed by atoms with Crippen LogP contribution in [0.4, 0.5) is 10.1 Å². The molecule has 0 aliphatic carbocycles. The van der Waals surface area contributed by atoms with Gasteiger partial charge in [0, 0.05) is 38.4 Å². The van der Waals surface area contributed by atoms with Crippen molar-refractivity contribution in [3.05, 3.63) is 66.0 Å². The first-order valence-electron chi connectivity index (χ1n) is 8.94. The van der Waals surface area contributed by atoms with Gasteiger partial charge < -0.3 is 15.5 Å². The lowest BCUT2D eigenvalue weighted by Gasteiger charge is -2.35. The topological polar surface area (TPSA) is 47.6 Å². The molecule has 0 unspecified atom stereocenters. The van der Waals surface area contributed by atoms with Crippen molar-refractivity contribution in [3.63, 3.8) is 0 Å². The number of benzene rings is 2. The van der Waals surface area contributed by atoms with Crippen molar-refractivity contribution < 1.29 is 9.18 Å². The van der Waals surface area contributed by atoms with Gasteiger partial charge in [-0.15, -0.1) is 0 Å². The van der Waals surface area contributed by atoms with E-state index in [2.05, 4.69) is 32.6 Å². The lowest BCUT2D eigenvalue weighted by molar-refractivity contribution is -0.117. The molecule has 5 nitrogen and oxygen atoms in total. The maximum absolute atomic E-state index is 13.2. The molecule has 7 heteroatoms. The summed E-state index contributed by atoms with van der Waals surface area (Å²) in [5.74, 6) is -0.503. The predicted molar refractivity (Wildman–Crippen MR) is 109 cm³/mol. The van der Waals surface area contributed by atoms with E-state index >= 15 is 0 Å². The number of carbonyl (C=O) groups excluding carboxylic acids is 1. The number of carbonyl (C=O) groups is 1. The molecule has 2 aromatic carbocycles. The summed E-state index contributed by atoms with van der Waals surface area (Å²) >= 11 is 5.48. The van der Waals surface area contributed by atoms with E-state index in [1.165, 1.54) is 17.7 Å². The average Bonchev–Trinajstić information content (AvgIpc) is 2.67. The number of hydrogen-bond acceptors (Lipinski definition) is 3. The van der Waals surface area contributed by atoms with Crippen molar-refractivity contribution in [2.24, 2.45) is 0 Å². The lowest BCUT2D eigenvalue weighted by Crippen LogP contribution is -2.52. The number of rotatable bonds is 5. The monoisotopic (exact) mass is 386 g/mol. The number of nitrogens with one attached hydrogen (secondary N) is 2. The normalized spacial score (nSPS) is 14.6. The molecule has 3 rings (SSSR count). The van der Waals surface area contributed by atoms with Crippen molar-refractivity contribution in [2.75, 3.05) is 38.0 Å². The Labute approximate surface area is 164 Å². The molecule has 2 N–H and O–H groups in total. The smallest absolute Gasteiger partial charge is 0.238 e. The van der Waals surface area contributed by atoms with Crippen LogP contribution in [0.1, 0.15) is 5.56 Å². The minimum Gasteiger partial charge on any atom is -0.358 e. The highest BCUT2D eigenvalue weighted by Crippen LogP contribution is 2.10. The fourth-order valence-corrected chi connectivity index (χ4v) is 3.22. The fourth-order valence-electron chi connectivity index (χ4n) is 2.96. The van der Waals surface area contributed by atoms with Gasteiger partial charge in [-0.05, 0) is 36.0 Å². The number of halogens is 1. The van der Waals surface area contributed by atoms with Crippen LogP contribution in [0.5, 0.6) is 0 Å². The lowest BCUT2D eigenvalue weighted by atomic mass is 10.2. The second-order valence-corrected chi connectivity index (χ2v) is 6.85. The van der Waals surface area contributed by atoms with Crippen LogP contribution in [-0.2, 0) is 11.3 Å². The van der Waals surface area contributed by atoms with Crippen LogP contribution < -0.4 is 10.6 Å². The largest absolute Gasteiger partial charge is 0.358 e. The van der Waals surface area contributed by atoms with Crippen molar-refractivity contribution >= 4 is 28.9 Å². The van der Waals surface area contributed by atoms with E-state index < -0.39 is 0 Å². The van der Waals surface area contributed by atoms with Crippen molar-refractivity contribution in [1.29, 1.82) is 0 Å². The Morgan fingerprint density at radius 3 is 2.48 bits per heavy atom. The number of amides is 1. The van der Waals surface area contributed by atoms with Crippen LogP contribution in [0.25, 0.3) is 0 Å². The van der Waals surface area contributed by atoms with Gasteiger partial charge in [-0.3, -0.25) is 9.69 Å². The van der Waals surface area contributed by atoms with Crippen molar-refractivity contribution in [1.82, 2.24) is 15.1 Å². The maximum atomic E-state index is 13.2. The Morgan fingerprint density at radius 2 is 1.78 bits per heavy atom. The zero-order valence-corrected chi connectivity index (χ0v) is 15.8. The first-order valence-corrected chi connectivity index (χ1v) is 9.35. The van der Waals surface area contributed by atoms with Crippen LogP contribution in [0.15, 0.2) is 54.6 Å². The molecule has 0 atom stereocenters. The number of piperazine rings is 1. The Morgan fingerprint density at radius 1 is 1.04 bits per heavy atom. The molecule has 27 heavy (non-hydrogen) atoms. The van der Waals surface area contributed by atoms with Gasteiger partial charge in [-0.25, -0.2) is 4.39 Å². The summed E-state index contributed by atoms with van der Waals surface area (Å²) in [5, 5.41) is 6.76. The fraction of sp³-hybridized carbons (Fsp3) is 0.300. The molecule has 142 valence electrons. The quantitative estimate of drug-likeness (QED) is 0.773. The number of anilines is 1. The number of thiocarbonyl (C=S) groups is 1. The average molecular weight is 386 g/mol. The molecule has 0 saturated carbocycles. The Balaban J connectivity index is 1.39. The van der Waals surface area contributed by atoms with Crippen LogP contribution >= 0.6 is 12.2 Å². The third-order valence-corrected chi connectivity index (χ3v) is 4.82. The molecule has 1 heterocycles. The third kappa shape index (κ3) is 6.01. The molecule has 1 amide bonds. The Hall–Kier alpha value is -2.51. The molecule has 0 radical (unpaired) electrons. The van der Waals surface area contributed by atoms with E-state index in [1.54, 1.807) is 12.1 Å². The zero-order valence-electron chi connectivity index (χ0n) is 15.0. The van der Waals surface area contributed by atoms with Gasteiger partial charge in [0.15, 0.2) is 5.11 Å². The molecule has 2 aromatic rings. The van der Waals surface area contributed by atoms with E-state index in [0.717, 1.165) is 31.3 Å². The summed E-state index contributed by atoms with van der Waals surface area (Å²) in [6, 6.07) is 16.0. The zero-order chi connectivity index (χ0) is 19.1. The molecule has 1 fully saturated rings. The van der Waals surface area contributed by atoms with Gasteiger partial charge in [-0.2, -0.15) is 0 Å². The second kappa shape index (κ2) is 9.43. The van der Waals surface area contributed by atoms with Gasteiger partial charge in [0.25, 0.3) is 0 Å². The summed E-state index contributed by atoms with van der Waals surface area (Å²) in [5.41, 5.74) is 1.66. The Bertz CT molecular complexity index is 779. The predicted octanol–water partition coefficient (Wildman–Crippen LogP) is 2.46. The van der Waals surface area contributed by atoms with E-state index in [-0.39, 0.29) is 18.3 Å². The summed E-state index contributed by atoms with van der Waals surface area (Å²) in [6.07, 6.45) is 0. The molecule has 1 aliphatic rings. The highest BCUT2D eigenvalue weighted by Gasteiger charge is 2.20. The van der Waals surface area contributed by atoms with Gasteiger partial charge in [-0.1, -0.05) is 36.4 Å². The summed E-state index contributed by atoms with van der Waals surface area (Å²) < 4.78 is 13.2. The van der Waals surface area contributed by atoms with Crippen LogP contribution in [0.2, 0.25) is 0 Å². The first kappa shape index (κ1) is 19.3. The second-order valence-electron chi connectivity index (χ2n) is 6.47. The third-order valence-electron chi connectivity index (χ3n) is 4.42. The minimum absolute atomic E-state index is 0.140. The summed E-state index contributed by atoms with van der Waals surface area (Å²) in [6.45, 7) is 4.04. The molecule has 0 aromatic heterocycles. The standard InChI is InChI=1S/C20H23FN4OS/c21-17-7-4-8-18(13-17)23-19(26)15-24-9-11-25(12-10-24)20(27)22-14-16-5-2-1-3-6-16/h1-8,13H,9-12,14-15H2,(H,22,27)(H,23,26). The molecular formula is C20H23FN4OS. The summed E-state index contributed by atoms with van der Waals surface area (Å²) in [7, 11) is 0. The van der Waals surface area contributed by atoms with E-state index in [9.17, 15) is 9.18 Å².